The molecular weight excluding hydrogens is 281 g/mol. The number of carbonyl (C=O) groups excluding carboxylic acids is 1. The highest BCUT2D eigenvalue weighted by Crippen LogP contribution is 2.13. The van der Waals surface area contributed by atoms with Gasteiger partial charge in [-0.3, -0.25) is 4.79 Å². The number of rotatable bonds is 6. The predicted molar refractivity (Wildman–Crippen MR) is 69.1 cm³/mol. The molecule has 0 aliphatic carbocycles. The first-order valence-corrected chi connectivity index (χ1v) is 5.69. The maximum Gasteiger partial charge on any atom is 0.251 e. The van der Waals surface area contributed by atoms with Crippen LogP contribution in [-0.2, 0) is 0 Å². The zero-order valence-electron chi connectivity index (χ0n) is 10.4. The van der Waals surface area contributed by atoms with Crippen LogP contribution in [0.1, 0.15) is 23.7 Å². The van der Waals surface area contributed by atoms with Gasteiger partial charge in [-0.15, -0.1) is 12.4 Å². The molecule has 0 radical (unpaired) electrons. The van der Waals surface area contributed by atoms with Crippen molar-refractivity contribution >= 4 is 18.3 Å². The highest BCUT2D eigenvalue weighted by molar-refractivity contribution is 5.94. The largest absolute Gasteiger partial charge is 0.351 e. The van der Waals surface area contributed by atoms with Crippen LogP contribution in [0.4, 0.5) is 13.2 Å². The van der Waals surface area contributed by atoms with Gasteiger partial charge in [0, 0.05) is 18.7 Å². The van der Waals surface area contributed by atoms with Gasteiger partial charge in [-0.05, 0) is 25.1 Å². The number of nitrogens with one attached hydrogen (secondary N) is 2. The Bertz CT molecular complexity index is 406. The highest BCUT2D eigenvalue weighted by atomic mass is 35.5. The molecule has 0 fully saturated rings. The van der Waals surface area contributed by atoms with E-state index in [1.807, 2.05) is 6.92 Å². The Balaban J connectivity index is 0.00000324. The molecule has 0 aromatic heterocycles. The van der Waals surface area contributed by atoms with E-state index in [1.54, 1.807) is 0 Å². The molecule has 0 atom stereocenters. The van der Waals surface area contributed by atoms with Crippen molar-refractivity contribution in [2.75, 3.05) is 19.6 Å². The van der Waals surface area contributed by atoms with E-state index in [0.717, 1.165) is 13.0 Å². The average molecular weight is 297 g/mol. The van der Waals surface area contributed by atoms with E-state index in [1.165, 1.54) is 0 Å². The van der Waals surface area contributed by atoms with E-state index in [9.17, 15) is 18.0 Å². The van der Waals surface area contributed by atoms with Gasteiger partial charge in [0.2, 0.25) is 0 Å². The van der Waals surface area contributed by atoms with Crippen LogP contribution in [-0.4, -0.2) is 25.5 Å². The molecular formula is C12H16ClF3N2O. The number of benzene rings is 1. The molecule has 0 saturated heterocycles. The Morgan fingerprint density at radius 2 is 1.68 bits per heavy atom. The van der Waals surface area contributed by atoms with Gasteiger partial charge in [0.25, 0.3) is 5.91 Å². The maximum absolute atomic E-state index is 12.9. The van der Waals surface area contributed by atoms with Crippen molar-refractivity contribution < 1.29 is 18.0 Å². The molecule has 1 rings (SSSR count). The molecule has 7 heteroatoms. The van der Waals surface area contributed by atoms with E-state index >= 15 is 0 Å². The van der Waals surface area contributed by atoms with Crippen LogP contribution in [0.25, 0.3) is 0 Å². The monoisotopic (exact) mass is 296 g/mol. The zero-order chi connectivity index (χ0) is 13.5. The second-order valence-corrected chi connectivity index (χ2v) is 3.76. The summed E-state index contributed by atoms with van der Waals surface area (Å²) in [6.45, 7) is 3.73. The summed E-state index contributed by atoms with van der Waals surface area (Å²) in [7, 11) is 0. The van der Waals surface area contributed by atoms with Crippen molar-refractivity contribution in [3.05, 3.63) is 35.1 Å². The Hall–Kier alpha value is -1.27. The van der Waals surface area contributed by atoms with E-state index < -0.39 is 23.4 Å². The molecule has 19 heavy (non-hydrogen) atoms. The topological polar surface area (TPSA) is 41.1 Å². The SMILES string of the molecule is CCCNCCNC(=O)c1cc(F)c(F)c(F)c1.Cl. The lowest BCUT2D eigenvalue weighted by Gasteiger charge is -2.06. The summed E-state index contributed by atoms with van der Waals surface area (Å²) in [5, 5.41) is 5.53. The van der Waals surface area contributed by atoms with Crippen molar-refractivity contribution in [3.8, 4) is 0 Å². The van der Waals surface area contributed by atoms with Crippen molar-refractivity contribution in [2.24, 2.45) is 0 Å². The summed E-state index contributed by atoms with van der Waals surface area (Å²) < 4.78 is 38.4. The molecule has 2 N–H and O–H groups in total. The number of hydrogen-bond acceptors (Lipinski definition) is 2. The van der Waals surface area contributed by atoms with Crippen molar-refractivity contribution in [2.45, 2.75) is 13.3 Å². The molecule has 1 aromatic carbocycles. The Kier molecular flexibility index (Phi) is 8.18. The Labute approximate surface area is 116 Å². The number of halogens is 4. The van der Waals surface area contributed by atoms with Crippen LogP contribution in [0, 0.1) is 17.5 Å². The van der Waals surface area contributed by atoms with Crippen LogP contribution in [0.3, 0.4) is 0 Å². The van der Waals surface area contributed by atoms with Gasteiger partial charge in [0.1, 0.15) is 0 Å². The van der Waals surface area contributed by atoms with Crippen LogP contribution in [0.15, 0.2) is 12.1 Å². The molecule has 0 aliphatic heterocycles. The number of hydrogen-bond donors (Lipinski definition) is 2. The van der Waals surface area contributed by atoms with Gasteiger partial charge in [-0.2, -0.15) is 0 Å². The van der Waals surface area contributed by atoms with Crippen LogP contribution in [0.2, 0.25) is 0 Å². The normalized spacial score (nSPS) is 9.89. The van der Waals surface area contributed by atoms with Gasteiger partial charge in [0.15, 0.2) is 17.5 Å². The molecule has 0 spiro atoms. The van der Waals surface area contributed by atoms with Gasteiger partial charge in [0.05, 0.1) is 0 Å². The summed E-state index contributed by atoms with van der Waals surface area (Å²) in [4.78, 5) is 11.5. The summed E-state index contributed by atoms with van der Waals surface area (Å²) in [5.74, 6) is -4.95. The predicted octanol–water partition coefficient (Wildman–Crippen LogP) is 2.26. The fraction of sp³-hybridized carbons (Fsp3) is 0.417. The second-order valence-electron chi connectivity index (χ2n) is 3.76. The minimum Gasteiger partial charge on any atom is -0.351 e. The van der Waals surface area contributed by atoms with Crippen LogP contribution < -0.4 is 10.6 Å². The first kappa shape index (κ1) is 17.7. The number of carbonyl (C=O) groups is 1. The van der Waals surface area contributed by atoms with Crippen LogP contribution >= 0.6 is 12.4 Å². The van der Waals surface area contributed by atoms with Gasteiger partial charge in [-0.1, -0.05) is 6.92 Å². The van der Waals surface area contributed by atoms with Crippen molar-refractivity contribution in [1.82, 2.24) is 10.6 Å². The molecule has 3 nitrogen and oxygen atoms in total. The third kappa shape index (κ3) is 5.48. The highest BCUT2D eigenvalue weighted by Gasteiger charge is 2.14. The minimum atomic E-state index is -1.57. The smallest absolute Gasteiger partial charge is 0.251 e. The summed E-state index contributed by atoms with van der Waals surface area (Å²) in [6, 6.07) is 1.35. The first-order valence-electron chi connectivity index (χ1n) is 5.69. The zero-order valence-corrected chi connectivity index (χ0v) is 11.3. The first-order chi connectivity index (χ1) is 8.56. The molecule has 108 valence electrons. The minimum absolute atomic E-state index is 0. The maximum atomic E-state index is 12.9. The van der Waals surface area contributed by atoms with Gasteiger partial charge >= 0.3 is 0 Å². The fourth-order valence-corrected chi connectivity index (χ4v) is 1.35. The van der Waals surface area contributed by atoms with Gasteiger partial charge < -0.3 is 10.6 Å². The van der Waals surface area contributed by atoms with Crippen LogP contribution in [0.5, 0.6) is 0 Å². The molecule has 0 aliphatic rings. The molecule has 0 bridgehead atoms. The average Bonchev–Trinajstić information content (AvgIpc) is 2.34. The van der Waals surface area contributed by atoms with E-state index in [0.29, 0.717) is 25.2 Å². The standard InChI is InChI=1S/C12H15F3N2O.ClH/c1-2-3-16-4-5-17-12(18)8-6-9(13)11(15)10(14)7-8;/h6-7,16H,2-5H2,1H3,(H,17,18);1H. The van der Waals surface area contributed by atoms with E-state index in [4.69, 9.17) is 0 Å². The molecule has 1 amide bonds. The van der Waals surface area contributed by atoms with E-state index in [-0.39, 0.29) is 18.0 Å². The lowest BCUT2D eigenvalue weighted by molar-refractivity contribution is 0.0953. The van der Waals surface area contributed by atoms with Crippen molar-refractivity contribution in [1.29, 1.82) is 0 Å². The lowest BCUT2D eigenvalue weighted by Crippen LogP contribution is -2.32. The second kappa shape index (κ2) is 8.77. The molecule has 1 aromatic rings. The molecule has 0 unspecified atom stereocenters. The number of amides is 1. The Morgan fingerprint density at radius 3 is 2.21 bits per heavy atom. The quantitative estimate of drug-likeness (QED) is 0.624. The van der Waals surface area contributed by atoms with Gasteiger partial charge in [-0.25, -0.2) is 13.2 Å². The molecule has 0 saturated carbocycles. The Morgan fingerprint density at radius 1 is 1.11 bits per heavy atom. The summed E-state index contributed by atoms with van der Waals surface area (Å²) >= 11 is 0. The summed E-state index contributed by atoms with van der Waals surface area (Å²) in [5.41, 5.74) is -0.234. The summed E-state index contributed by atoms with van der Waals surface area (Å²) in [6.07, 6.45) is 0.975. The van der Waals surface area contributed by atoms with E-state index in [2.05, 4.69) is 10.6 Å². The van der Waals surface area contributed by atoms with Crippen molar-refractivity contribution in [3.63, 3.8) is 0 Å². The third-order valence-corrected chi connectivity index (χ3v) is 2.26. The third-order valence-electron chi connectivity index (χ3n) is 2.26. The lowest BCUT2D eigenvalue weighted by atomic mass is 10.2. The fourth-order valence-electron chi connectivity index (χ4n) is 1.35. The molecule has 0 heterocycles.